The standard InChI is InChI=1S/C33H27FN2O4/c34-27-13-10-25(11-14-27)22-40-32-19-12-26-8-4-5-9-30(26)31(32)20-35-36-33(37)23-39-29-17-15-28(16-18-29)38-21-24-6-2-1-3-7-24/h1-20H,21-23H2,(H,36,37)/b35-20-. The number of amides is 1. The summed E-state index contributed by atoms with van der Waals surface area (Å²) in [6.07, 6.45) is 1.55. The third-order valence-corrected chi connectivity index (χ3v) is 6.06. The van der Waals surface area contributed by atoms with Gasteiger partial charge >= 0.3 is 0 Å². The number of fused-ring (bicyclic) bond motifs is 1. The summed E-state index contributed by atoms with van der Waals surface area (Å²) in [7, 11) is 0. The summed E-state index contributed by atoms with van der Waals surface area (Å²) in [5, 5.41) is 6.07. The molecule has 0 atom stereocenters. The highest BCUT2D eigenvalue weighted by Crippen LogP contribution is 2.27. The molecule has 0 saturated heterocycles. The number of carbonyl (C=O) groups excluding carboxylic acids is 1. The number of nitrogens with one attached hydrogen (secondary N) is 1. The van der Waals surface area contributed by atoms with Crippen molar-refractivity contribution in [1.82, 2.24) is 5.43 Å². The van der Waals surface area contributed by atoms with Crippen LogP contribution < -0.4 is 19.6 Å². The Balaban J connectivity index is 1.17. The van der Waals surface area contributed by atoms with Crippen LogP contribution in [0, 0.1) is 5.82 Å². The van der Waals surface area contributed by atoms with E-state index >= 15 is 0 Å². The molecule has 0 radical (unpaired) electrons. The van der Waals surface area contributed by atoms with Crippen LogP contribution in [0.5, 0.6) is 17.2 Å². The zero-order valence-corrected chi connectivity index (χ0v) is 21.6. The summed E-state index contributed by atoms with van der Waals surface area (Å²) >= 11 is 0. The Labute approximate surface area is 231 Å². The average molecular weight is 535 g/mol. The first kappa shape index (κ1) is 26.4. The van der Waals surface area contributed by atoms with Gasteiger partial charge in [-0.05, 0) is 64.4 Å². The molecule has 0 bridgehead atoms. The van der Waals surface area contributed by atoms with Crippen molar-refractivity contribution in [3.8, 4) is 17.2 Å². The molecule has 1 amide bonds. The van der Waals surface area contributed by atoms with Crippen LogP contribution >= 0.6 is 0 Å². The number of hydrogen-bond acceptors (Lipinski definition) is 5. The summed E-state index contributed by atoms with van der Waals surface area (Å²) < 4.78 is 30.6. The fraction of sp³-hybridized carbons (Fsp3) is 0.0909. The number of benzene rings is 5. The molecule has 0 aliphatic heterocycles. The number of hydrogen-bond donors (Lipinski definition) is 1. The van der Waals surface area contributed by atoms with Crippen LogP contribution in [-0.4, -0.2) is 18.7 Å². The molecule has 5 aromatic carbocycles. The van der Waals surface area contributed by atoms with Crippen molar-refractivity contribution < 1.29 is 23.4 Å². The molecule has 0 heterocycles. The molecule has 0 unspecified atom stereocenters. The zero-order valence-electron chi connectivity index (χ0n) is 21.6. The molecule has 5 rings (SSSR count). The van der Waals surface area contributed by atoms with Crippen molar-refractivity contribution >= 4 is 22.9 Å². The molecule has 6 nitrogen and oxygen atoms in total. The highest BCUT2D eigenvalue weighted by Gasteiger charge is 2.09. The Morgan fingerprint density at radius 3 is 2.12 bits per heavy atom. The van der Waals surface area contributed by atoms with Crippen molar-refractivity contribution in [2.45, 2.75) is 13.2 Å². The van der Waals surface area contributed by atoms with Crippen LogP contribution in [0.4, 0.5) is 4.39 Å². The van der Waals surface area contributed by atoms with Crippen molar-refractivity contribution in [3.63, 3.8) is 0 Å². The predicted molar refractivity (Wildman–Crippen MR) is 153 cm³/mol. The second-order valence-corrected chi connectivity index (χ2v) is 8.94. The van der Waals surface area contributed by atoms with Gasteiger partial charge in [-0.25, -0.2) is 9.82 Å². The summed E-state index contributed by atoms with van der Waals surface area (Å²) in [6.45, 7) is 0.526. The third kappa shape index (κ3) is 7.23. The number of rotatable bonds is 11. The first-order valence-corrected chi connectivity index (χ1v) is 12.7. The largest absolute Gasteiger partial charge is 0.489 e. The Hall–Kier alpha value is -5.17. The molecule has 0 aliphatic rings. The van der Waals surface area contributed by atoms with Gasteiger partial charge in [0, 0.05) is 5.56 Å². The molecule has 0 aliphatic carbocycles. The Morgan fingerprint density at radius 2 is 1.35 bits per heavy atom. The lowest BCUT2D eigenvalue weighted by atomic mass is 10.0. The summed E-state index contributed by atoms with van der Waals surface area (Å²) in [6, 6.07) is 34.8. The summed E-state index contributed by atoms with van der Waals surface area (Å²) in [5.74, 6) is 1.13. The monoisotopic (exact) mass is 534 g/mol. The van der Waals surface area contributed by atoms with Gasteiger partial charge in [0.2, 0.25) is 0 Å². The van der Waals surface area contributed by atoms with Gasteiger partial charge in [0.25, 0.3) is 5.91 Å². The smallest absolute Gasteiger partial charge is 0.277 e. The van der Waals surface area contributed by atoms with Gasteiger partial charge in [-0.3, -0.25) is 4.79 Å². The van der Waals surface area contributed by atoms with Crippen molar-refractivity contribution in [2.24, 2.45) is 5.10 Å². The van der Waals surface area contributed by atoms with Crippen LogP contribution in [0.3, 0.4) is 0 Å². The van der Waals surface area contributed by atoms with Gasteiger partial charge in [0.15, 0.2) is 6.61 Å². The molecule has 0 aromatic heterocycles. The minimum atomic E-state index is -0.408. The number of carbonyl (C=O) groups is 1. The van der Waals surface area contributed by atoms with E-state index < -0.39 is 5.91 Å². The van der Waals surface area contributed by atoms with Gasteiger partial charge in [0.1, 0.15) is 36.3 Å². The van der Waals surface area contributed by atoms with E-state index in [2.05, 4.69) is 10.5 Å². The van der Waals surface area contributed by atoms with E-state index in [1.807, 2.05) is 66.7 Å². The van der Waals surface area contributed by atoms with Crippen LogP contribution in [0.1, 0.15) is 16.7 Å². The van der Waals surface area contributed by atoms with E-state index in [4.69, 9.17) is 14.2 Å². The zero-order chi connectivity index (χ0) is 27.6. The molecular weight excluding hydrogens is 507 g/mol. The molecular formula is C33H27FN2O4. The minimum absolute atomic E-state index is 0.203. The van der Waals surface area contributed by atoms with Gasteiger partial charge < -0.3 is 14.2 Å². The fourth-order valence-electron chi connectivity index (χ4n) is 4.00. The molecule has 40 heavy (non-hydrogen) atoms. The van der Waals surface area contributed by atoms with E-state index in [1.165, 1.54) is 12.1 Å². The number of halogens is 1. The summed E-state index contributed by atoms with van der Waals surface area (Å²) in [5.41, 5.74) is 5.13. The molecule has 5 aromatic rings. The Morgan fingerprint density at radius 1 is 0.700 bits per heavy atom. The molecule has 200 valence electrons. The molecule has 0 fully saturated rings. The fourth-order valence-corrected chi connectivity index (χ4v) is 4.00. The maximum Gasteiger partial charge on any atom is 0.277 e. The minimum Gasteiger partial charge on any atom is -0.489 e. The van der Waals surface area contributed by atoms with Gasteiger partial charge in [-0.1, -0.05) is 72.8 Å². The van der Waals surface area contributed by atoms with Crippen molar-refractivity contribution in [3.05, 3.63) is 138 Å². The molecule has 0 saturated carbocycles. The molecule has 7 heteroatoms. The maximum atomic E-state index is 13.2. The first-order valence-electron chi connectivity index (χ1n) is 12.7. The van der Waals surface area contributed by atoms with E-state index in [9.17, 15) is 9.18 Å². The highest BCUT2D eigenvalue weighted by molar-refractivity contribution is 6.02. The lowest BCUT2D eigenvalue weighted by molar-refractivity contribution is -0.123. The SMILES string of the molecule is O=C(COc1ccc(OCc2ccccc2)cc1)N/N=C\c1c(OCc2ccc(F)cc2)ccc2ccccc12. The molecule has 1 N–H and O–H groups in total. The van der Waals surface area contributed by atoms with E-state index in [1.54, 1.807) is 42.6 Å². The third-order valence-electron chi connectivity index (χ3n) is 6.06. The number of nitrogens with zero attached hydrogens (tertiary/aromatic N) is 1. The highest BCUT2D eigenvalue weighted by atomic mass is 19.1. The van der Waals surface area contributed by atoms with Crippen molar-refractivity contribution in [2.75, 3.05) is 6.61 Å². The van der Waals surface area contributed by atoms with Crippen LogP contribution in [-0.2, 0) is 18.0 Å². The van der Waals surface area contributed by atoms with Gasteiger partial charge in [0.05, 0.1) is 6.21 Å². The van der Waals surface area contributed by atoms with Crippen LogP contribution in [0.15, 0.2) is 120 Å². The normalized spacial score (nSPS) is 10.9. The van der Waals surface area contributed by atoms with Crippen LogP contribution in [0.25, 0.3) is 10.8 Å². The predicted octanol–water partition coefficient (Wildman–Crippen LogP) is 6.67. The van der Waals surface area contributed by atoms with E-state index in [0.717, 1.165) is 21.9 Å². The quantitative estimate of drug-likeness (QED) is 0.152. The lowest BCUT2D eigenvalue weighted by Crippen LogP contribution is -2.24. The Kier molecular flexibility index (Phi) is 8.63. The van der Waals surface area contributed by atoms with Crippen molar-refractivity contribution in [1.29, 1.82) is 0 Å². The number of hydrazone groups is 1. The second-order valence-electron chi connectivity index (χ2n) is 8.94. The van der Waals surface area contributed by atoms with Crippen LogP contribution in [0.2, 0.25) is 0 Å². The van der Waals surface area contributed by atoms with Gasteiger partial charge in [-0.2, -0.15) is 5.10 Å². The number of ether oxygens (including phenoxy) is 3. The topological polar surface area (TPSA) is 69.2 Å². The first-order chi connectivity index (χ1) is 19.6. The van der Waals surface area contributed by atoms with E-state index in [0.29, 0.717) is 29.4 Å². The maximum absolute atomic E-state index is 13.2. The second kappa shape index (κ2) is 13.1. The lowest BCUT2D eigenvalue weighted by Gasteiger charge is -2.12. The molecule has 0 spiro atoms. The summed E-state index contributed by atoms with van der Waals surface area (Å²) in [4.78, 5) is 12.4. The van der Waals surface area contributed by atoms with E-state index in [-0.39, 0.29) is 19.0 Å². The average Bonchev–Trinajstić information content (AvgIpc) is 3.00. The van der Waals surface area contributed by atoms with Gasteiger partial charge in [-0.15, -0.1) is 0 Å². The Bertz CT molecular complexity index is 1590.